The molecule has 2 aromatic rings. The Labute approximate surface area is 323 Å². The van der Waals surface area contributed by atoms with Crippen molar-refractivity contribution in [3.63, 3.8) is 0 Å². The Morgan fingerprint density at radius 3 is 2.33 bits per heavy atom. The van der Waals surface area contributed by atoms with Gasteiger partial charge in [-0.15, -0.1) is 0 Å². The third kappa shape index (κ3) is 8.66. The van der Waals surface area contributed by atoms with Crippen LogP contribution in [0.5, 0.6) is 0 Å². The second-order valence-electron chi connectivity index (χ2n) is 15.4. The third-order valence-corrected chi connectivity index (χ3v) is 11.2. The van der Waals surface area contributed by atoms with E-state index in [4.69, 9.17) is 24.2 Å². The van der Waals surface area contributed by atoms with E-state index in [1.807, 2.05) is 30.3 Å². The highest BCUT2D eigenvalue weighted by Crippen LogP contribution is 2.58. The molecule has 6 rings (SSSR count). The standard InChI is InChI=1S/C42H56N4O9/c1-5-7-9-20-41(21-10-8-6-2)53-34-32-25-42(40(51)44-26-30-12-11-13-31(24-30)38(49)43-22-23-47)36(39(50)52-32)46(55-37(42)35(34)54-41)27-29-16-14-28(15-17-29)18-19-33(48)45(3)4/h11-19,24,32,34-37,47H,5-10,20-23,25-27H2,1-4H3,(H,43,49)(H,44,51). The van der Waals surface area contributed by atoms with E-state index in [9.17, 15) is 19.2 Å². The second kappa shape index (κ2) is 17.8. The van der Waals surface area contributed by atoms with Crippen molar-refractivity contribution in [3.05, 3.63) is 76.9 Å². The highest BCUT2D eigenvalue weighted by atomic mass is 16.8. The summed E-state index contributed by atoms with van der Waals surface area (Å²) in [5.41, 5.74) is 1.42. The summed E-state index contributed by atoms with van der Waals surface area (Å²) in [6.45, 7) is 4.57. The van der Waals surface area contributed by atoms with E-state index in [1.54, 1.807) is 43.4 Å². The molecule has 6 atom stereocenters. The van der Waals surface area contributed by atoms with Gasteiger partial charge in [-0.25, -0.2) is 0 Å². The Morgan fingerprint density at radius 2 is 1.65 bits per heavy atom. The minimum absolute atomic E-state index is 0.107. The Morgan fingerprint density at radius 1 is 0.945 bits per heavy atom. The highest BCUT2D eigenvalue weighted by molar-refractivity contribution is 5.95. The zero-order valence-electron chi connectivity index (χ0n) is 32.5. The number of carbonyl (C=O) groups is 4. The monoisotopic (exact) mass is 760 g/mol. The van der Waals surface area contributed by atoms with Crippen molar-refractivity contribution < 1.29 is 43.3 Å². The molecule has 3 saturated heterocycles. The van der Waals surface area contributed by atoms with E-state index in [2.05, 4.69) is 24.5 Å². The normalized spacial score (nSPS) is 26.4. The number of nitrogens with zero attached hydrogens (tertiary/aromatic N) is 2. The van der Waals surface area contributed by atoms with Gasteiger partial charge in [-0.05, 0) is 47.7 Å². The Kier molecular flexibility index (Phi) is 13.1. The van der Waals surface area contributed by atoms with Crippen LogP contribution >= 0.6 is 0 Å². The minimum atomic E-state index is -1.35. The lowest BCUT2D eigenvalue weighted by Gasteiger charge is -2.48. The zero-order chi connectivity index (χ0) is 39.2. The van der Waals surface area contributed by atoms with Gasteiger partial charge in [-0.1, -0.05) is 75.9 Å². The topological polar surface area (TPSA) is 156 Å². The highest BCUT2D eigenvalue weighted by Gasteiger charge is 2.76. The molecule has 4 aliphatic rings. The number of likely N-dealkylation sites (N-methyl/N-ethyl adjacent to an activating group) is 1. The summed E-state index contributed by atoms with van der Waals surface area (Å²) in [5, 5.41) is 16.5. The average molecular weight is 761 g/mol. The summed E-state index contributed by atoms with van der Waals surface area (Å²) in [5.74, 6) is -2.23. The van der Waals surface area contributed by atoms with Gasteiger partial charge in [0.1, 0.15) is 29.8 Å². The van der Waals surface area contributed by atoms with Crippen LogP contribution in [0.4, 0.5) is 0 Å². The predicted octanol–water partition coefficient (Wildman–Crippen LogP) is 4.27. The first-order valence-electron chi connectivity index (χ1n) is 19.8. The lowest BCUT2D eigenvalue weighted by Crippen LogP contribution is -2.69. The number of amides is 3. The molecule has 0 spiro atoms. The molecular weight excluding hydrogens is 704 g/mol. The van der Waals surface area contributed by atoms with Crippen LogP contribution in [0.3, 0.4) is 0 Å². The molecule has 6 unspecified atom stereocenters. The van der Waals surface area contributed by atoms with Crippen molar-refractivity contribution in [1.82, 2.24) is 20.6 Å². The number of hydrogen-bond acceptors (Lipinski definition) is 10. The summed E-state index contributed by atoms with van der Waals surface area (Å²) in [4.78, 5) is 61.9. The van der Waals surface area contributed by atoms with E-state index in [0.29, 0.717) is 24.0 Å². The van der Waals surface area contributed by atoms with Gasteiger partial charge in [0.15, 0.2) is 11.8 Å². The van der Waals surface area contributed by atoms with Gasteiger partial charge < -0.3 is 34.9 Å². The quantitative estimate of drug-likeness (QED) is 0.114. The summed E-state index contributed by atoms with van der Waals surface area (Å²) >= 11 is 0. The molecule has 2 aromatic carbocycles. The maximum Gasteiger partial charge on any atom is 0.327 e. The van der Waals surface area contributed by atoms with Gasteiger partial charge in [0.25, 0.3) is 5.91 Å². The maximum absolute atomic E-state index is 14.8. The number of ether oxygens (including phenoxy) is 3. The fraction of sp³-hybridized carbons (Fsp3) is 0.571. The zero-order valence-corrected chi connectivity index (χ0v) is 32.5. The van der Waals surface area contributed by atoms with Crippen LogP contribution < -0.4 is 10.6 Å². The van der Waals surface area contributed by atoms with Crippen molar-refractivity contribution in [2.45, 2.75) is 121 Å². The third-order valence-electron chi connectivity index (χ3n) is 11.2. The van der Waals surface area contributed by atoms with Crippen molar-refractivity contribution in [1.29, 1.82) is 0 Å². The molecule has 3 aliphatic heterocycles. The fourth-order valence-electron chi connectivity index (χ4n) is 8.37. The van der Waals surface area contributed by atoms with Crippen LogP contribution in [0.2, 0.25) is 0 Å². The first-order chi connectivity index (χ1) is 26.5. The number of hydroxylamine groups is 2. The van der Waals surface area contributed by atoms with Gasteiger partial charge in [0.05, 0.1) is 13.2 Å². The molecule has 4 fully saturated rings. The van der Waals surface area contributed by atoms with Crippen molar-refractivity contribution >= 4 is 29.8 Å². The molecule has 2 bridgehead atoms. The number of fused-ring (bicyclic) bond motifs is 4. The van der Waals surface area contributed by atoms with Crippen molar-refractivity contribution in [2.75, 3.05) is 27.2 Å². The van der Waals surface area contributed by atoms with E-state index >= 15 is 0 Å². The van der Waals surface area contributed by atoms with E-state index < -0.39 is 47.6 Å². The maximum atomic E-state index is 14.8. The molecule has 1 aliphatic carbocycles. The number of hydrogen-bond donors (Lipinski definition) is 3. The molecule has 13 heteroatoms. The first kappa shape index (κ1) is 40.5. The number of esters is 1. The van der Waals surface area contributed by atoms with Gasteiger partial charge >= 0.3 is 5.97 Å². The van der Waals surface area contributed by atoms with Crippen molar-refractivity contribution in [3.8, 4) is 0 Å². The molecule has 0 aromatic heterocycles. The Bertz CT molecular complexity index is 1700. The molecule has 298 valence electrons. The summed E-state index contributed by atoms with van der Waals surface area (Å²) in [6, 6.07) is 13.5. The Balaban J connectivity index is 1.30. The molecule has 3 N–H and O–H groups in total. The lowest BCUT2D eigenvalue weighted by atomic mass is 9.62. The van der Waals surface area contributed by atoms with E-state index in [1.165, 1.54) is 11.0 Å². The SMILES string of the molecule is CCCCCC1(CCCCC)OC2C3CC4(C(=O)NCc5cccc(C(=O)NCCO)c5)C(ON(Cc5ccc(C=CC(=O)N(C)C)cc5)C4C(=O)O3)C2O1. The first-order valence-corrected chi connectivity index (χ1v) is 19.8. The van der Waals surface area contributed by atoms with Crippen LogP contribution in [0.25, 0.3) is 6.08 Å². The number of nitrogens with one attached hydrogen (secondary N) is 2. The predicted molar refractivity (Wildman–Crippen MR) is 204 cm³/mol. The number of carbonyl (C=O) groups excluding carboxylic acids is 4. The number of aliphatic hydroxyl groups is 1. The van der Waals surface area contributed by atoms with Crippen molar-refractivity contribution in [2.24, 2.45) is 5.41 Å². The number of benzene rings is 2. The molecule has 0 radical (unpaired) electrons. The molecule has 55 heavy (non-hydrogen) atoms. The van der Waals surface area contributed by atoms with Crippen LogP contribution in [0.1, 0.15) is 98.7 Å². The molecular formula is C42H56N4O9. The van der Waals surface area contributed by atoms with Crippen LogP contribution in [0.15, 0.2) is 54.6 Å². The van der Waals surface area contributed by atoms with Crippen LogP contribution in [0, 0.1) is 5.41 Å². The second-order valence-corrected chi connectivity index (χ2v) is 15.4. The smallest absolute Gasteiger partial charge is 0.327 e. The van der Waals surface area contributed by atoms with Crippen LogP contribution in [-0.4, -0.2) is 102 Å². The molecule has 3 amide bonds. The fourth-order valence-corrected chi connectivity index (χ4v) is 8.37. The minimum Gasteiger partial charge on any atom is -0.458 e. The van der Waals surface area contributed by atoms with E-state index in [-0.39, 0.29) is 50.4 Å². The average Bonchev–Trinajstić information content (AvgIpc) is 3.74. The molecule has 13 nitrogen and oxygen atoms in total. The Hall–Kier alpha value is -4.14. The number of unbranched alkanes of at least 4 members (excludes halogenated alkanes) is 4. The summed E-state index contributed by atoms with van der Waals surface area (Å²) in [6.07, 6.45) is 8.05. The van der Waals surface area contributed by atoms with Gasteiger partial charge in [-0.3, -0.25) is 24.0 Å². The van der Waals surface area contributed by atoms with Gasteiger partial charge in [-0.2, -0.15) is 5.06 Å². The van der Waals surface area contributed by atoms with Crippen LogP contribution in [-0.2, 0) is 46.5 Å². The largest absolute Gasteiger partial charge is 0.458 e. The summed E-state index contributed by atoms with van der Waals surface area (Å²) in [7, 11) is 3.39. The van der Waals surface area contributed by atoms with Gasteiger partial charge in [0.2, 0.25) is 11.8 Å². The molecule has 3 heterocycles. The number of aliphatic hydroxyl groups excluding tert-OH is 1. The molecule has 1 saturated carbocycles. The number of rotatable bonds is 18. The van der Waals surface area contributed by atoms with E-state index in [0.717, 1.165) is 49.7 Å². The summed E-state index contributed by atoms with van der Waals surface area (Å²) < 4.78 is 20.0. The van der Waals surface area contributed by atoms with Gasteiger partial charge in [0, 0.05) is 58.1 Å². The lowest BCUT2D eigenvalue weighted by molar-refractivity contribution is -0.224.